The van der Waals surface area contributed by atoms with Crippen molar-refractivity contribution in [2.45, 2.75) is 0 Å². The molecule has 0 radical (unpaired) electrons. The second-order valence-electron chi connectivity index (χ2n) is 4.68. The molecule has 0 saturated heterocycles. The summed E-state index contributed by atoms with van der Waals surface area (Å²) in [5.41, 5.74) is 1.99. The van der Waals surface area contributed by atoms with Crippen molar-refractivity contribution >= 4 is 28.9 Å². The molecule has 1 heterocycles. The summed E-state index contributed by atoms with van der Waals surface area (Å²) in [5.74, 6) is 0.336. The SMILES string of the molecule is O=[N+]([O-])c1cccc(Nc2nccc(-c3ccccc3Cl)n2)c1. The number of hydrogen-bond donors (Lipinski definition) is 1. The topological polar surface area (TPSA) is 81.0 Å². The fourth-order valence-corrected chi connectivity index (χ4v) is 2.30. The van der Waals surface area contributed by atoms with Crippen LogP contribution in [0.1, 0.15) is 0 Å². The molecule has 0 unspecified atom stereocenters. The van der Waals surface area contributed by atoms with Crippen LogP contribution in [0.4, 0.5) is 17.3 Å². The number of nitrogens with zero attached hydrogens (tertiary/aromatic N) is 3. The van der Waals surface area contributed by atoms with E-state index in [0.717, 1.165) is 5.56 Å². The van der Waals surface area contributed by atoms with E-state index in [2.05, 4.69) is 15.3 Å². The summed E-state index contributed by atoms with van der Waals surface area (Å²) in [6.07, 6.45) is 1.60. The number of benzene rings is 2. The first-order chi connectivity index (χ1) is 11.1. The molecule has 7 heteroatoms. The van der Waals surface area contributed by atoms with Crippen molar-refractivity contribution in [3.05, 3.63) is 75.9 Å². The highest BCUT2D eigenvalue weighted by atomic mass is 35.5. The molecule has 3 aromatic rings. The van der Waals surface area contributed by atoms with Crippen LogP contribution in [-0.2, 0) is 0 Å². The molecule has 0 aliphatic rings. The third-order valence-electron chi connectivity index (χ3n) is 3.12. The fourth-order valence-electron chi connectivity index (χ4n) is 2.06. The molecule has 0 fully saturated rings. The van der Waals surface area contributed by atoms with Gasteiger partial charge in [-0.2, -0.15) is 0 Å². The minimum atomic E-state index is -0.452. The number of aromatic nitrogens is 2. The van der Waals surface area contributed by atoms with E-state index in [1.165, 1.54) is 12.1 Å². The normalized spacial score (nSPS) is 10.3. The standard InChI is InChI=1S/C16H11ClN4O2/c17-14-7-2-1-6-13(14)15-8-9-18-16(20-15)19-11-4-3-5-12(10-11)21(22)23/h1-10H,(H,18,19,20). The van der Waals surface area contributed by atoms with Gasteiger partial charge in [0.25, 0.3) is 5.69 Å². The number of rotatable bonds is 4. The number of halogens is 1. The largest absolute Gasteiger partial charge is 0.324 e. The molecule has 0 saturated carbocycles. The molecule has 0 aliphatic heterocycles. The van der Waals surface area contributed by atoms with Crippen molar-refractivity contribution < 1.29 is 4.92 Å². The maximum absolute atomic E-state index is 10.8. The van der Waals surface area contributed by atoms with Crippen LogP contribution in [0.15, 0.2) is 60.8 Å². The predicted molar refractivity (Wildman–Crippen MR) is 88.9 cm³/mol. The Labute approximate surface area is 136 Å². The van der Waals surface area contributed by atoms with E-state index in [9.17, 15) is 10.1 Å². The van der Waals surface area contributed by atoms with Crippen LogP contribution in [-0.4, -0.2) is 14.9 Å². The minimum absolute atomic E-state index is 0.00254. The zero-order valence-corrected chi connectivity index (χ0v) is 12.6. The van der Waals surface area contributed by atoms with Gasteiger partial charge in [0, 0.05) is 34.6 Å². The van der Waals surface area contributed by atoms with Gasteiger partial charge < -0.3 is 5.32 Å². The summed E-state index contributed by atoms with van der Waals surface area (Å²) in [4.78, 5) is 18.9. The van der Waals surface area contributed by atoms with Crippen molar-refractivity contribution in [2.75, 3.05) is 5.32 Å². The molecular weight excluding hydrogens is 316 g/mol. The van der Waals surface area contributed by atoms with E-state index in [0.29, 0.717) is 22.4 Å². The first kappa shape index (κ1) is 14.9. The fraction of sp³-hybridized carbons (Fsp3) is 0. The maximum Gasteiger partial charge on any atom is 0.271 e. The van der Waals surface area contributed by atoms with Crippen LogP contribution in [0.5, 0.6) is 0 Å². The van der Waals surface area contributed by atoms with Gasteiger partial charge in [0.1, 0.15) is 0 Å². The second kappa shape index (κ2) is 6.41. The van der Waals surface area contributed by atoms with Crippen molar-refractivity contribution in [3.63, 3.8) is 0 Å². The van der Waals surface area contributed by atoms with Gasteiger partial charge in [-0.05, 0) is 18.2 Å². The maximum atomic E-state index is 10.8. The van der Waals surface area contributed by atoms with Gasteiger partial charge in [-0.3, -0.25) is 10.1 Å². The van der Waals surface area contributed by atoms with E-state index in [1.54, 1.807) is 30.5 Å². The molecule has 23 heavy (non-hydrogen) atoms. The Hall–Kier alpha value is -2.99. The van der Waals surface area contributed by atoms with Crippen molar-refractivity contribution in [3.8, 4) is 11.3 Å². The van der Waals surface area contributed by atoms with Crippen LogP contribution >= 0.6 is 11.6 Å². The number of nitrogens with one attached hydrogen (secondary N) is 1. The third-order valence-corrected chi connectivity index (χ3v) is 3.45. The Morgan fingerprint density at radius 2 is 1.91 bits per heavy atom. The molecule has 2 aromatic carbocycles. The van der Waals surface area contributed by atoms with E-state index in [1.807, 2.05) is 18.2 Å². The number of nitro groups is 1. The third kappa shape index (κ3) is 3.44. The summed E-state index contributed by atoms with van der Waals surface area (Å²) in [5, 5.41) is 14.4. The highest BCUT2D eigenvalue weighted by Crippen LogP contribution is 2.27. The van der Waals surface area contributed by atoms with Gasteiger partial charge in [0.2, 0.25) is 5.95 Å². The molecule has 0 spiro atoms. The van der Waals surface area contributed by atoms with Crippen LogP contribution < -0.4 is 5.32 Å². The Morgan fingerprint density at radius 1 is 1.09 bits per heavy atom. The highest BCUT2D eigenvalue weighted by molar-refractivity contribution is 6.33. The number of anilines is 2. The lowest BCUT2D eigenvalue weighted by atomic mass is 10.1. The second-order valence-corrected chi connectivity index (χ2v) is 5.08. The van der Waals surface area contributed by atoms with E-state index in [4.69, 9.17) is 11.6 Å². The van der Waals surface area contributed by atoms with Gasteiger partial charge in [0.15, 0.2) is 0 Å². The lowest BCUT2D eigenvalue weighted by molar-refractivity contribution is -0.384. The van der Waals surface area contributed by atoms with Gasteiger partial charge >= 0.3 is 0 Å². The minimum Gasteiger partial charge on any atom is -0.324 e. The highest BCUT2D eigenvalue weighted by Gasteiger charge is 2.08. The van der Waals surface area contributed by atoms with E-state index < -0.39 is 4.92 Å². The van der Waals surface area contributed by atoms with Gasteiger partial charge in [-0.1, -0.05) is 35.9 Å². The molecule has 3 rings (SSSR count). The zero-order valence-electron chi connectivity index (χ0n) is 11.8. The summed E-state index contributed by atoms with van der Waals surface area (Å²) in [6.45, 7) is 0. The van der Waals surface area contributed by atoms with E-state index >= 15 is 0 Å². The molecule has 1 N–H and O–H groups in total. The van der Waals surface area contributed by atoms with Crippen LogP contribution in [0, 0.1) is 10.1 Å². The van der Waals surface area contributed by atoms with Crippen LogP contribution in [0.2, 0.25) is 5.02 Å². The quantitative estimate of drug-likeness (QED) is 0.566. The molecule has 0 bridgehead atoms. The Morgan fingerprint density at radius 3 is 2.70 bits per heavy atom. The first-order valence-corrected chi connectivity index (χ1v) is 7.11. The lowest BCUT2D eigenvalue weighted by Crippen LogP contribution is -1.98. The molecule has 114 valence electrons. The molecule has 0 atom stereocenters. The number of hydrogen-bond acceptors (Lipinski definition) is 5. The molecule has 0 amide bonds. The van der Waals surface area contributed by atoms with Crippen molar-refractivity contribution in [2.24, 2.45) is 0 Å². The van der Waals surface area contributed by atoms with Crippen LogP contribution in [0.25, 0.3) is 11.3 Å². The summed E-state index contributed by atoms with van der Waals surface area (Å²) < 4.78 is 0. The Kier molecular flexibility index (Phi) is 4.16. The molecule has 0 aliphatic carbocycles. The van der Waals surface area contributed by atoms with Gasteiger partial charge in [-0.25, -0.2) is 9.97 Å². The Bertz CT molecular complexity index is 870. The molecular formula is C16H11ClN4O2. The monoisotopic (exact) mass is 326 g/mol. The Balaban J connectivity index is 1.90. The summed E-state index contributed by atoms with van der Waals surface area (Å²) in [6, 6.07) is 15.3. The smallest absolute Gasteiger partial charge is 0.271 e. The summed E-state index contributed by atoms with van der Waals surface area (Å²) in [7, 11) is 0. The van der Waals surface area contributed by atoms with Gasteiger partial charge in [-0.15, -0.1) is 0 Å². The van der Waals surface area contributed by atoms with Crippen LogP contribution in [0.3, 0.4) is 0 Å². The van der Waals surface area contributed by atoms with E-state index in [-0.39, 0.29) is 5.69 Å². The number of nitro benzene ring substituents is 1. The predicted octanol–water partition coefficient (Wildman–Crippen LogP) is 4.45. The zero-order chi connectivity index (χ0) is 16.2. The number of non-ortho nitro benzene ring substituents is 1. The van der Waals surface area contributed by atoms with Crippen molar-refractivity contribution in [1.82, 2.24) is 9.97 Å². The van der Waals surface area contributed by atoms with Gasteiger partial charge in [0.05, 0.1) is 10.6 Å². The average Bonchev–Trinajstić information content (AvgIpc) is 2.56. The first-order valence-electron chi connectivity index (χ1n) is 6.73. The molecule has 6 nitrogen and oxygen atoms in total. The average molecular weight is 327 g/mol. The summed E-state index contributed by atoms with van der Waals surface area (Å²) >= 11 is 6.17. The molecule has 1 aromatic heterocycles. The lowest BCUT2D eigenvalue weighted by Gasteiger charge is -2.07. The van der Waals surface area contributed by atoms with Crippen molar-refractivity contribution in [1.29, 1.82) is 0 Å².